The zero-order valence-corrected chi connectivity index (χ0v) is 47.9. The molecule has 414 valence electrons. The molecular weight excluding hydrogens is 1070 g/mol. The van der Waals surface area contributed by atoms with Crippen LogP contribution in [0, 0.1) is 0 Å². The lowest BCUT2D eigenvalue weighted by Gasteiger charge is -2.27. The van der Waals surface area contributed by atoms with Gasteiger partial charge in [-0.1, -0.05) is 212 Å². The molecule has 7 nitrogen and oxygen atoms in total. The lowest BCUT2D eigenvalue weighted by molar-refractivity contribution is 0.989. The summed E-state index contributed by atoms with van der Waals surface area (Å²) in [6, 6.07) is 118. The summed E-state index contributed by atoms with van der Waals surface area (Å²) in [5.41, 5.74) is 20.1. The minimum Gasteiger partial charge on any atom is -0.309 e. The van der Waals surface area contributed by atoms with Gasteiger partial charge in [-0.05, 0) is 166 Å². The van der Waals surface area contributed by atoms with Crippen LogP contribution in [0.1, 0.15) is 0 Å². The van der Waals surface area contributed by atoms with Gasteiger partial charge in [0, 0.05) is 61.2 Å². The van der Waals surface area contributed by atoms with Crippen molar-refractivity contribution in [2.24, 2.45) is 0 Å². The molecule has 0 unspecified atom stereocenters. The minimum atomic E-state index is 0.459. The van der Waals surface area contributed by atoms with Crippen molar-refractivity contribution in [2.75, 3.05) is 9.80 Å². The Bertz CT molecular complexity index is 4900. The average Bonchev–Trinajstić information content (AvgIpc) is 3.49. The molecule has 3 aromatic heterocycles. The van der Waals surface area contributed by atoms with Crippen LogP contribution in [-0.2, 0) is 0 Å². The van der Waals surface area contributed by atoms with Gasteiger partial charge in [-0.25, -0.2) is 0 Å². The number of para-hydroxylation sites is 6. The molecule has 88 heavy (non-hydrogen) atoms. The summed E-state index contributed by atoms with van der Waals surface area (Å²) in [5.74, 6) is 1.45. The predicted molar refractivity (Wildman–Crippen MR) is 365 cm³/mol. The first-order valence-corrected chi connectivity index (χ1v) is 29.8. The highest BCUT2D eigenvalue weighted by molar-refractivity contribution is 6.12. The van der Waals surface area contributed by atoms with E-state index in [9.17, 15) is 0 Å². The molecule has 0 fully saturated rings. The molecule has 0 aliphatic carbocycles. The quantitative estimate of drug-likeness (QED) is 0.115. The molecule has 0 saturated heterocycles. The first kappa shape index (κ1) is 51.7. The van der Waals surface area contributed by atoms with E-state index in [2.05, 4.69) is 340 Å². The predicted octanol–water partition coefficient (Wildman–Crippen LogP) is 21.3. The van der Waals surface area contributed by atoms with Gasteiger partial charge in [0.2, 0.25) is 11.9 Å². The summed E-state index contributed by atoms with van der Waals surface area (Å²) in [7, 11) is 0. The second-order valence-corrected chi connectivity index (χ2v) is 22.0. The van der Waals surface area contributed by atoms with E-state index in [1.165, 1.54) is 32.6 Å². The van der Waals surface area contributed by atoms with Crippen LogP contribution in [0.15, 0.2) is 334 Å². The lowest BCUT2D eigenvalue weighted by atomic mass is 9.94. The van der Waals surface area contributed by atoms with Crippen molar-refractivity contribution in [1.29, 1.82) is 0 Å². The number of rotatable bonds is 13. The van der Waals surface area contributed by atoms with Crippen LogP contribution in [0.5, 0.6) is 0 Å². The Balaban J connectivity index is 0.853. The summed E-state index contributed by atoms with van der Waals surface area (Å²) < 4.78 is 4.71. The van der Waals surface area contributed by atoms with E-state index >= 15 is 0 Å². The van der Waals surface area contributed by atoms with Gasteiger partial charge in [-0.15, -0.1) is 0 Å². The van der Waals surface area contributed by atoms with Crippen molar-refractivity contribution in [3.05, 3.63) is 334 Å². The van der Waals surface area contributed by atoms with Gasteiger partial charge >= 0.3 is 0 Å². The van der Waals surface area contributed by atoms with Crippen LogP contribution >= 0.6 is 0 Å². The summed E-state index contributed by atoms with van der Waals surface area (Å²) in [6.07, 6.45) is 0. The Hall–Kier alpha value is -11.9. The minimum absolute atomic E-state index is 0.459. The van der Waals surface area contributed by atoms with Crippen molar-refractivity contribution >= 4 is 78.3 Å². The summed E-state index contributed by atoms with van der Waals surface area (Å²) in [6.45, 7) is 0. The smallest absolute Gasteiger partial charge is 0.240 e. The van der Waals surface area contributed by atoms with E-state index in [-0.39, 0.29) is 0 Å². The molecule has 0 amide bonds. The number of hydrogen-bond acceptors (Lipinski definition) is 5. The molecule has 7 heteroatoms. The van der Waals surface area contributed by atoms with Crippen LogP contribution in [0.3, 0.4) is 0 Å². The van der Waals surface area contributed by atoms with Crippen molar-refractivity contribution < 1.29 is 0 Å². The molecule has 3 heterocycles. The first-order chi connectivity index (χ1) is 43.6. The van der Waals surface area contributed by atoms with Crippen LogP contribution in [0.4, 0.5) is 34.6 Å². The van der Waals surface area contributed by atoms with E-state index in [1.54, 1.807) is 0 Å². The standard InChI is InChI=1S/C81H55N7/c1-7-23-56(24-8-1)60-43-50-71(72(53-60)59-25-9-2-10-26-59)79-82-80(85(63-27-11-3-12-28-63)67-46-39-57(40-47-67)61-44-51-77-73(54-61)69-35-19-21-37-75(69)87(77)65-31-15-5-16-32-65)84-81(83-79)86(64-29-13-4-14-30-64)68-48-41-58(42-49-68)62-45-52-78-74(55-62)70-36-20-22-38-76(70)88(78)66-33-17-6-18-34-66/h1-55H. The number of aromatic nitrogens is 5. The molecule has 0 radical (unpaired) electrons. The molecule has 0 N–H and O–H groups in total. The monoisotopic (exact) mass is 1130 g/mol. The Labute approximate surface area is 510 Å². The lowest BCUT2D eigenvalue weighted by Crippen LogP contribution is -2.19. The number of anilines is 6. The summed E-state index contributed by atoms with van der Waals surface area (Å²) in [4.78, 5) is 21.1. The van der Waals surface area contributed by atoms with Gasteiger partial charge in [-0.3, -0.25) is 9.80 Å². The maximum atomic E-state index is 5.60. The number of fused-ring (bicyclic) bond motifs is 6. The third-order valence-electron chi connectivity index (χ3n) is 16.8. The highest BCUT2D eigenvalue weighted by Gasteiger charge is 2.26. The fourth-order valence-corrected chi connectivity index (χ4v) is 12.6. The van der Waals surface area contributed by atoms with Gasteiger partial charge in [0.15, 0.2) is 5.82 Å². The molecule has 0 bridgehead atoms. The second-order valence-electron chi connectivity index (χ2n) is 22.0. The average molecular weight is 1130 g/mol. The van der Waals surface area contributed by atoms with Crippen molar-refractivity contribution in [2.45, 2.75) is 0 Å². The molecule has 0 atom stereocenters. The second kappa shape index (κ2) is 22.2. The zero-order chi connectivity index (χ0) is 58.3. The van der Waals surface area contributed by atoms with Crippen LogP contribution < -0.4 is 9.80 Å². The number of nitrogens with zero attached hydrogens (tertiary/aromatic N) is 7. The third-order valence-corrected chi connectivity index (χ3v) is 16.8. The van der Waals surface area contributed by atoms with Crippen LogP contribution in [0.2, 0.25) is 0 Å². The van der Waals surface area contributed by atoms with Gasteiger partial charge in [0.05, 0.1) is 22.1 Å². The molecular formula is C81H55N7. The Morgan fingerprint density at radius 3 is 1.00 bits per heavy atom. The molecule has 16 rings (SSSR count). The van der Waals surface area contributed by atoms with E-state index in [1.807, 2.05) is 12.1 Å². The molecule has 0 saturated carbocycles. The van der Waals surface area contributed by atoms with Crippen molar-refractivity contribution in [3.8, 4) is 67.3 Å². The Morgan fingerprint density at radius 1 is 0.216 bits per heavy atom. The van der Waals surface area contributed by atoms with Gasteiger partial charge in [0.1, 0.15) is 0 Å². The van der Waals surface area contributed by atoms with Crippen molar-refractivity contribution in [1.82, 2.24) is 24.1 Å². The van der Waals surface area contributed by atoms with E-state index in [4.69, 9.17) is 15.0 Å². The van der Waals surface area contributed by atoms with Gasteiger partial charge < -0.3 is 9.13 Å². The number of benzene rings is 13. The third kappa shape index (κ3) is 9.40. The Morgan fingerprint density at radius 2 is 0.545 bits per heavy atom. The fourth-order valence-electron chi connectivity index (χ4n) is 12.6. The number of hydrogen-bond donors (Lipinski definition) is 0. The van der Waals surface area contributed by atoms with Crippen molar-refractivity contribution in [3.63, 3.8) is 0 Å². The molecule has 0 spiro atoms. The van der Waals surface area contributed by atoms with Crippen LogP contribution in [-0.4, -0.2) is 24.1 Å². The van der Waals surface area contributed by atoms with Crippen LogP contribution in [0.25, 0.3) is 111 Å². The van der Waals surface area contributed by atoms with E-state index in [0.717, 1.165) is 95.2 Å². The highest BCUT2D eigenvalue weighted by Crippen LogP contribution is 2.43. The zero-order valence-electron chi connectivity index (χ0n) is 47.9. The fraction of sp³-hybridized carbons (Fsp3) is 0. The summed E-state index contributed by atoms with van der Waals surface area (Å²) >= 11 is 0. The van der Waals surface area contributed by atoms with E-state index in [0.29, 0.717) is 17.7 Å². The highest BCUT2D eigenvalue weighted by atomic mass is 15.3. The largest absolute Gasteiger partial charge is 0.309 e. The topological polar surface area (TPSA) is 55.0 Å². The van der Waals surface area contributed by atoms with Gasteiger partial charge in [-0.2, -0.15) is 15.0 Å². The molecule has 13 aromatic carbocycles. The Kier molecular flexibility index (Phi) is 13.1. The normalized spacial score (nSPS) is 11.4. The maximum absolute atomic E-state index is 5.60. The molecule has 16 aromatic rings. The van der Waals surface area contributed by atoms with E-state index < -0.39 is 0 Å². The molecule has 0 aliphatic heterocycles. The molecule has 0 aliphatic rings. The van der Waals surface area contributed by atoms with Gasteiger partial charge in [0.25, 0.3) is 0 Å². The first-order valence-electron chi connectivity index (χ1n) is 29.8. The maximum Gasteiger partial charge on any atom is 0.240 e. The SMILES string of the molecule is c1ccc(-c2ccc(-c3nc(N(c4ccccc4)c4ccc(-c5ccc6c(c5)c5ccccc5n6-c5ccccc5)cc4)nc(N(c4ccccc4)c4ccc(-c5ccc6c(c5)c5ccccc5n6-c5ccccc5)cc4)n3)c(-c3ccccc3)c2)cc1. The summed E-state index contributed by atoms with van der Waals surface area (Å²) in [5, 5.41) is 4.82.